The van der Waals surface area contributed by atoms with Gasteiger partial charge >= 0.3 is 0 Å². The molecule has 0 aliphatic heterocycles. The molecule has 38 heavy (non-hydrogen) atoms. The van der Waals surface area contributed by atoms with Gasteiger partial charge in [0.2, 0.25) is 6.33 Å². The number of hydrogen-bond donors (Lipinski definition) is 2. The van der Waals surface area contributed by atoms with Gasteiger partial charge in [-0.1, -0.05) is 57.2 Å². The topological polar surface area (TPSA) is 101 Å². The van der Waals surface area contributed by atoms with Crippen LogP contribution in [-0.2, 0) is 22.7 Å². The summed E-state index contributed by atoms with van der Waals surface area (Å²) in [7, 11) is 0. The summed E-state index contributed by atoms with van der Waals surface area (Å²) in [6, 6.07) is 11.6. The molecule has 0 fully saturated rings. The standard InChI is InChI=1S/C29H32N4O4S/c1-4-29(3,5-2)38-16-13-30-24(34)17-32-14-15-33(19-32)18-25(35)31-23-12-8-11-22-26(23)28(37)21-10-7-6-9-20(21)27(22)36/h6-12,14-15,19H,4-5,13,16-18H2,1-3H3,(H-,30,31,34,35,37)/p+1. The Labute approximate surface area is 226 Å². The molecule has 1 aliphatic rings. The number of nitrogens with zero attached hydrogens (tertiary/aromatic N) is 2. The maximum atomic E-state index is 13.1. The van der Waals surface area contributed by atoms with Crippen molar-refractivity contribution in [1.82, 2.24) is 9.88 Å². The molecule has 1 aromatic heterocycles. The van der Waals surface area contributed by atoms with Crippen LogP contribution in [0.5, 0.6) is 0 Å². The lowest BCUT2D eigenvalue weighted by Crippen LogP contribution is -2.39. The number of ketones is 2. The zero-order valence-corrected chi connectivity index (χ0v) is 22.8. The fourth-order valence-corrected chi connectivity index (χ4v) is 5.50. The van der Waals surface area contributed by atoms with Gasteiger partial charge in [0.15, 0.2) is 24.7 Å². The molecular weight excluding hydrogens is 500 g/mol. The van der Waals surface area contributed by atoms with Crippen LogP contribution in [0.2, 0.25) is 0 Å². The van der Waals surface area contributed by atoms with Gasteiger partial charge in [-0.3, -0.25) is 19.2 Å². The lowest BCUT2D eigenvalue weighted by Gasteiger charge is -2.25. The Kier molecular flexibility index (Phi) is 8.46. The molecule has 0 bridgehead atoms. The normalized spacial score (nSPS) is 12.6. The number of hydrogen-bond acceptors (Lipinski definition) is 5. The quantitative estimate of drug-likeness (QED) is 0.227. The maximum Gasteiger partial charge on any atom is 0.266 e. The summed E-state index contributed by atoms with van der Waals surface area (Å²) >= 11 is 1.88. The molecule has 198 valence electrons. The first-order valence-electron chi connectivity index (χ1n) is 12.8. The number of carbonyl (C=O) groups is 4. The lowest BCUT2D eigenvalue weighted by molar-refractivity contribution is -0.683. The smallest absolute Gasteiger partial charge is 0.266 e. The number of amides is 2. The summed E-state index contributed by atoms with van der Waals surface area (Å²) in [5.74, 6) is -0.107. The van der Waals surface area contributed by atoms with Crippen LogP contribution >= 0.6 is 11.8 Å². The molecule has 9 heteroatoms. The van der Waals surface area contributed by atoms with E-state index >= 15 is 0 Å². The minimum atomic E-state index is -0.350. The highest BCUT2D eigenvalue weighted by Crippen LogP contribution is 2.32. The van der Waals surface area contributed by atoms with Gasteiger partial charge in [0.1, 0.15) is 12.4 Å². The number of thioether (sulfide) groups is 1. The minimum Gasteiger partial charge on any atom is -0.352 e. The van der Waals surface area contributed by atoms with E-state index in [0.29, 0.717) is 23.4 Å². The van der Waals surface area contributed by atoms with Crippen LogP contribution in [0.25, 0.3) is 0 Å². The van der Waals surface area contributed by atoms with Gasteiger partial charge in [0.25, 0.3) is 11.8 Å². The Morgan fingerprint density at radius 3 is 2.34 bits per heavy atom. The summed E-state index contributed by atoms with van der Waals surface area (Å²) < 4.78 is 3.61. The van der Waals surface area contributed by atoms with Crippen molar-refractivity contribution in [3.05, 3.63) is 83.4 Å². The SMILES string of the molecule is CCC(C)(CC)SCCNC(=O)Cn1cc[n+](CC(=O)Nc2cccc3c2C(=O)c2ccccc2C3=O)c1. The zero-order valence-electron chi connectivity index (χ0n) is 22.0. The molecule has 3 aromatic rings. The first-order chi connectivity index (χ1) is 18.2. The predicted octanol–water partition coefficient (Wildman–Crippen LogP) is 3.62. The molecule has 0 spiro atoms. The molecular formula is C29H33N4O4S+. The van der Waals surface area contributed by atoms with Crippen LogP contribution in [-0.4, -0.2) is 45.0 Å². The summed E-state index contributed by atoms with van der Waals surface area (Å²) in [5, 5.41) is 5.73. The Hall–Kier alpha value is -3.72. The summed E-state index contributed by atoms with van der Waals surface area (Å²) in [6.45, 7) is 7.36. The second kappa shape index (κ2) is 11.8. The van der Waals surface area contributed by atoms with Crippen molar-refractivity contribution in [3.8, 4) is 0 Å². The first-order valence-corrected chi connectivity index (χ1v) is 13.8. The molecule has 0 saturated carbocycles. The Bertz CT molecular complexity index is 1380. The number of benzene rings is 2. The highest BCUT2D eigenvalue weighted by Gasteiger charge is 2.31. The van der Waals surface area contributed by atoms with Gasteiger partial charge < -0.3 is 10.6 Å². The van der Waals surface area contributed by atoms with E-state index in [2.05, 4.69) is 31.4 Å². The summed E-state index contributed by atoms with van der Waals surface area (Å²) in [5.41, 5.74) is 1.50. The van der Waals surface area contributed by atoms with Crippen molar-refractivity contribution in [3.63, 3.8) is 0 Å². The second-order valence-corrected chi connectivity index (χ2v) is 11.3. The molecule has 2 amide bonds. The number of carbonyl (C=O) groups excluding carboxylic acids is 4. The summed E-state index contributed by atoms with van der Waals surface area (Å²) in [4.78, 5) is 51.2. The fourth-order valence-electron chi connectivity index (χ4n) is 4.39. The highest BCUT2D eigenvalue weighted by atomic mass is 32.2. The predicted molar refractivity (Wildman–Crippen MR) is 147 cm³/mol. The van der Waals surface area contributed by atoms with E-state index in [9.17, 15) is 19.2 Å². The molecule has 2 aromatic carbocycles. The van der Waals surface area contributed by atoms with E-state index in [1.165, 1.54) is 0 Å². The van der Waals surface area contributed by atoms with E-state index in [-0.39, 0.29) is 52.3 Å². The molecule has 0 unspecified atom stereocenters. The third kappa shape index (κ3) is 6.05. The molecule has 0 radical (unpaired) electrons. The number of nitrogens with one attached hydrogen (secondary N) is 2. The van der Waals surface area contributed by atoms with Gasteiger partial charge in [-0.2, -0.15) is 11.8 Å². The van der Waals surface area contributed by atoms with Gasteiger partial charge in [-0.05, 0) is 18.9 Å². The largest absolute Gasteiger partial charge is 0.352 e. The zero-order chi connectivity index (χ0) is 27.3. The van der Waals surface area contributed by atoms with Gasteiger partial charge in [0, 0.05) is 33.7 Å². The number of fused-ring (bicyclic) bond motifs is 2. The van der Waals surface area contributed by atoms with Crippen LogP contribution in [0.15, 0.2) is 61.2 Å². The Morgan fingerprint density at radius 2 is 1.63 bits per heavy atom. The molecule has 1 heterocycles. The van der Waals surface area contributed by atoms with Crippen molar-refractivity contribution in [1.29, 1.82) is 0 Å². The number of rotatable bonds is 11. The molecule has 8 nitrogen and oxygen atoms in total. The van der Waals surface area contributed by atoms with E-state index in [1.807, 2.05) is 11.8 Å². The Morgan fingerprint density at radius 1 is 0.947 bits per heavy atom. The molecule has 4 rings (SSSR count). The van der Waals surface area contributed by atoms with Crippen molar-refractivity contribution in [2.45, 2.75) is 51.4 Å². The number of anilines is 1. The van der Waals surface area contributed by atoms with E-state index in [0.717, 1.165) is 18.6 Å². The van der Waals surface area contributed by atoms with Crippen LogP contribution in [0.4, 0.5) is 5.69 Å². The number of aromatic nitrogens is 2. The van der Waals surface area contributed by atoms with Crippen molar-refractivity contribution < 1.29 is 23.7 Å². The third-order valence-electron chi connectivity index (χ3n) is 7.00. The summed E-state index contributed by atoms with van der Waals surface area (Å²) in [6.07, 6.45) is 7.31. The lowest BCUT2D eigenvalue weighted by atomic mass is 9.83. The van der Waals surface area contributed by atoms with Crippen LogP contribution in [0, 0.1) is 0 Å². The monoisotopic (exact) mass is 533 g/mol. The van der Waals surface area contributed by atoms with Crippen LogP contribution < -0.4 is 15.2 Å². The van der Waals surface area contributed by atoms with Crippen molar-refractivity contribution in [2.24, 2.45) is 0 Å². The first kappa shape index (κ1) is 27.3. The maximum absolute atomic E-state index is 13.1. The van der Waals surface area contributed by atoms with E-state index in [4.69, 9.17) is 0 Å². The number of imidazole rings is 1. The molecule has 1 aliphatic carbocycles. The molecule has 2 N–H and O–H groups in total. The van der Waals surface area contributed by atoms with Crippen LogP contribution in [0.1, 0.15) is 65.5 Å². The molecule has 0 atom stereocenters. The third-order valence-corrected chi connectivity index (χ3v) is 8.68. The highest BCUT2D eigenvalue weighted by molar-refractivity contribution is 8.00. The van der Waals surface area contributed by atoms with E-state index < -0.39 is 0 Å². The van der Waals surface area contributed by atoms with Gasteiger partial charge in [0.05, 0.1) is 11.3 Å². The molecule has 0 saturated heterocycles. The van der Waals surface area contributed by atoms with E-state index in [1.54, 1.807) is 70.3 Å². The Balaban J connectivity index is 1.33. The van der Waals surface area contributed by atoms with Gasteiger partial charge in [-0.25, -0.2) is 9.13 Å². The van der Waals surface area contributed by atoms with Crippen LogP contribution in [0.3, 0.4) is 0 Å². The van der Waals surface area contributed by atoms with Gasteiger partial charge in [-0.15, -0.1) is 0 Å². The fraction of sp³-hybridized carbons (Fsp3) is 0.345. The van der Waals surface area contributed by atoms with Crippen molar-refractivity contribution >= 4 is 40.8 Å². The second-order valence-electron chi connectivity index (χ2n) is 9.59. The average Bonchev–Trinajstić information content (AvgIpc) is 3.35. The van der Waals surface area contributed by atoms with Crippen molar-refractivity contribution in [2.75, 3.05) is 17.6 Å². The minimum absolute atomic E-state index is 0.0136. The average molecular weight is 534 g/mol.